The summed E-state index contributed by atoms with van der Waals surface area (Å²) in [6.07, 6.45) is 8.66. The van der Waals surface area contributed by atoms with Crippen LogP contribution in [-0.4, -0.2) is 86.8 Å². The van der Waals surface area contributed by atoms with E-state index in [9.17, 15) is 4.79 Å². The summed E-state index contributed by atoms with van der Waals surface area (Å²) in [4.78, 5) is 17.2. The molecule has 0 unspecified atom stereocenters. The number of likely N-dealkylation sites (tertiary alicyclic amines) is 1. The molecule has 5 aromatic rings. The molecule has 1 saturated carbocycles. The van der Waals surface area contributed by atoms with Crippen molar-refractivity contribution < 1.29 is 19.0 Å². The minimum absolute atomic E-state index is 0.0519. The van der Waals surface area contributed by atoms with Crippen molar-refractivity contribution in [2.75, 3.05) is 39.1 Å². The van der Waals surface area contributed by atoms with Crippen LogP contribution in [0.2, 0.25) is 0 Å². The molecule has 1 atom stereocenters. The average Bonchev–Trinajstić information content (AvgIpc) is 3.45. The van der Waals surface area contributed by atoms with Gasteiger partial charge in [0.2, 0.25) is 5.91 Å². The zero-order valence-corrected chi connectivity index (χ0v) is 27.2. The smallest absolute Gasteiger partial charge is 0.246 e. The van der Waals surface area contributed by atoms with Crippen molar-refractivity contribution in [1.29, 1.82) is 0 Å². The second-order valence-corrected chi connectivity index (χ2v) is 12.3. The second-order valence-electron chi connectivity index (χ2n) is 12.3. The van der Waals surface area contributed by atoms with Crippen LogP contribution in [0.4, 0.5) is 5.82 Å². The van der Waals surface area contributed by atoms with E-state index < -0.39 is 0 Å². The van der Waals surface area contributed by atoms with Gasteiger partial charge in [-0.15, -0.1) is 5.10 Å². The number of aromatic nitrogens is 5. The van der Waals surface area contributed by atoms with Gasteiger partial charge in [0.25, 0.3) is 0 Å². The number of hydrogen-bond donors (Lipinski definition) is 2. The second kappa shape index (κ2) is 14.2. The molecule has 0 spiro atoms. The standard InChI is InChI=1S/C36H40N8O4/c1-42(28-10-11-28)19-4-7-34(45)43-20-18-26(23-43)38-36-35-32(44(40-36)22-25-8-12-29(46-2)13-9-25)5-3-6-33(35)48-31-16-14-30(15-17-31)47-24-27-21-37-41-39-27/h3-9,12-17,21,26,28H,10-11,18-20,22-24H2,1-2H3,(H,38,40)(H,37,39,41)/b7-4+/t26-/m1/s1. The zero-order chi connectivity index (χ0) is 32.9. The molecule has 248 valence electrons. The number of rotatable bonds is 14. The van der Waals surface area contributed by atoms with E-state index in [1.807, 2.05) is 76.3 Å². The molecule has 1 saturated heterocycles. The Bertz CT molecular complexity index is 1850. The summed E-state index contributed by atoms with van der Waals surface area (Å²) in [5.41, 5.74) is 2.82. The number of anilines is 1. The number of carbonyl (C=O) groups excluding carboxylic acids is 1. The van der Waals surface area contributed by atoms with Crippen molar-refractivity contribution in [2.45, 2.75) is 44.5 Å². The van der Waals surface area contributed by atoms with Gasteiger partial charge < -0.3 is 24.4 Å². The van der Waals surface area contributed by atoms with Crippen LogP contribution in [0, 0.1) is 0 Å². The Morgan fingerprint density at radius 2 is 1.83 bits per heavy atom. The van der Waals surface area contributed by atoms with E-state index in [2.05, 4.69) is 38.7 Å². The molecule has 2 N–H and O–H groups in total. The fourth-order valence-electron chi connectivity index (χ4n) is 5.95. The maximum atomic E-state index is 13.0. The van der Waals surface area contributed by atoms with Gasteiger partial charge in [0.1, 0.15) is 29.6 Å². The maximum Gasteiger partial charge on any atom is 0.246 e. The number of hydrogen-bond acceptors (Lipinski definition) is 9. The fraction of sp³-hybridized carbons (Fsp3) is 0.333. The molecular weight excluding hydrogens is 608 g/mol. The van der Waals surface area contributed by atoms with E-state index in [4.69, 9.17) is 19.3 Å². The molecule has 1 aliphatic carbocycles. The van der Waals surface area contributed by atoms with E-state index in [0.29, 0.717) is 49.5 Å². The van der Waals surface area contributed by atoms with Crippen LogP contribution in [-0.2, 0) is 17.9 Å². The van der Waals surface area contributed by atoms with Crippen molar-refractivity contribution in [2.24, 2.45) is 0 Å². The Balaban J connectivity index is 1.09. The lowest BCUT2D eigenvalue weighted by atomic mass is 10.2. The largest absolute Gasteiger partial charge is 0.497 e. The number of fused-ring (bicyclic) bond motifs is 1. The lowest BCUT2D eigenvalue weighted by molar-refractivity contribution is -0.125. The molecule has 12 nitrogen and oxygen atoms in total. The van der Waals surface area contributed by atoms with Gasteiger partial charge >= 0.3 is 0 Å². The highest BCUT2D eigenvalue weighted by atomic mass is 16.5. The molecule has 48 heavy (non-hydrogen) atoms. The van der Waals surface area contributed by atoms with Gasteiger partial charge in [0, 0.05) is 37.8 Å². The third-order valence-corrected chi connectivity index (χ3v) is 8.81. The topological polar surface area (TPSA) is 123 Å². The first-order valence-corrected chi connectivity index (χ1v) is 16.3. The number of likely N-dealkylation sites (N-methyl/N-ethyl adjacent to an activating group) is 1. The maximum absolute atomic E-state index is 13.0. The third kappa shape index (κ3) is 7.44. The molecule has 3 aromatic carbocycles. The minimum Gasteiger partial charge on any atom is -0.497 e. The summed E-state index contributed by atoms with van der Waals surface area (Å²) in [5, 5.41) is 19.9. The van der Waals surface area contributed by atoms with Crippen LogP contribution < -0.4 is 19.5 Å². The van der Waals surface area contributed by atoms with Crippen molar-refractivity contribution in [3.63, 3.8) is 0 Å². The Labute approximate surface area is 279 Å². The van der Waals surface area contributed by atoms with Crippen LogP contribution >= 0.6 is 0 Å². The Hall–Kier alpha value is -5.36. The zero-order valence-electron chi connectivity index (χ0n) is 27.2. The molecule has 12 heteroatoms. The number of benzene rings is 3. The Kier molecular flexibility index (Phi) is 9.23. The lowest BCUT2D eigenvalue weighted by Crippen LogP contribution is -2.30. The lowest BCUT2D eigenvalue weighted by Gasteiger charge is -2.16. The molecule has 7 rings (SSSR count). The Morgan fingerprint density at radius 3 is 2.58 bits per heavy atom. The first kappa shape index (κ1) is 31.3. The first-order chi connectivity index (χ1) is 23.5. The number of nitrogens with zero attached hydrogens (tertiary/aromatic N) is 6. The predicted octanol–water partition coefficient (Wildman–Crippen LogP) is 5.25. The SMILES string of the molecule is COc1ccc(Cn2nc(N[C@@H]3CCN(C(=O)/C=C/CN(C)C4CC4)C3)c3c(Oc4ccc(OCc5cnn[nH]5)cc4)cccc32)cc1. The quantitative estimate of drug-likeness (QED) is 0.156. The van der Waals surface area contributed by atoms with Crippen molar-refractivity contribution in [3.8, 4) is 23.0 Å². The van der Waals surface area contributed by atoms with E-state index in [1.54, 1.807) is 19.4 Å². The van der Waals surface area contributed by atoms with Crippen molar-refractivity contribution in [1.82, 2.24) is 35.0 Å². The number of nitrogens with one attached hydrogen (secondary N) is 2. The molecule has 2 fully saturated rings. The number of aromatic amines is 1. The van der Waals surface area contributed by atoms with Gasteiger partial charge in [0.15, 0.2) is 5.82 Å². The highest BCUT2D eigenvalue weighted by Gasteiger charge is 2.28. The Morgan fingerprint density at radius 1 is 1.04 bits per heavy atom. The molecule has 1 amide bonds. The number of H-pyrrole nitrogens is 1. The number of methoxy groups -OCH3 is 1. The molecule has 2 aliphatic rings. The predicted molar refractivity (Wildman–Crippen MR) is 182 cm³/mol. The van der Waals surface area contributed by atoms with Crippen molar-refractivity contribution in [3.05, 3.63) is 96.3 Å². The third-order valence-electron chi connectivity index (χ3n) is 8.81. The monoisotopic (exact) mass is 648 g/mol. The number of amides is 1. The first-order valence-electron chi connectivity index (χ1n) is 16.3. The van der Waals surface area contributed by atoms with E-state index in [1.165, 1.54) is 12.8 Å². The minimum atomic E-state index is 0.0519. The van der Waals surface area contributed by atoms with Gasteiger partial charge in [-0.2, -0.15) is 5.10 Å². The van der Waals surface area contributed by atoms with Crippen molar-refractivity contribution >= 4 is 22.6 Å². The van der Waals surface area contributed by atoms with Crippen LogP contribution in [0.5, 0.6) is 23.0 Å². The van der Waals surface area contributed by atoms with Gasteiger partial charge in [-0.25, -0.2) is 0 Å². The summed E-state index contributed by atoms with van der Waals surface area (Å²) in [6, 6.07) is 22.2. The summed E-state index contributed by atoms with van der Waals surface area (Å²) >= 11 is 0. The average molecular weight is 649 g/mol. The summed E-state index contributed by atoms with van der Waals surface area (Å²) < 4.78 is 19.6. The molecule has 3 heterocycles. The van der Waals surface area contributed by atoms with E-state index in [0.717, 1.165) is 46.7 Å². The van der Waals surface area contributed by atoms with Crippen LogP contribution in [0.25, 0.3) is 10.9 Å². The van der Waals surface area contributed by atoms with Gasteiger partial charge in [-0.3, -0.25) is 19.5 Å². The molecule has 0 bridgehead atoms. The number of carbonyl (C=O) groups is 1. The summed E-state index contributed by atoms with van der Waals surface area (Å²) in [5.74, 6) is 3.64. The van der Waals surface area contributed by atoms with Gasteiger partial charge in [0.05, 0.1) is 36.4 Å². The fourth-order valence-corrected chi connectivity index (χ4v) is 5.95. The normalized spacial score (nSPS) is 16.2. The molecule has 0 radical (unpaired) electrons. The highest BCUT2D eigenvalue weighted by Crippen LogP contribution is 2.37. The molecular formula is C36H40N8O4. The molecule has 2 aromatic heterocycles. The summed E-state index contributed by atoms with van der Waals surface area (Å²) in [7, 11) is 3.78. The number of ether oxygens (including phenoxy) is 3. The van der Waals surface area contributed by atoms with Gasteiger partial charge in [-0.05, 0) is 80.4 Å². The van der Waals surface area contributed by atoms with Crippen LogP contribution in [0.15, 0.2) is 85.1 Å². The summed E-state index contributed by atoms with van der Waals surface area (Å²) in [6.45, 7) is 3.00. The van der Waals surface area contributed by atoms with Gasteiger partial charge in [-0.1, -0.05) is 29.5 Å². The highest BCUT2D eigenvalue weighted by molar-refractivity contribution is 5.96. The van der Waals surface area contributed by atoms with E-state index >= 15 is 0 Å². The molecule has 1 aliphatic heterocycles. The van der Waals surface area contributed by atoms with Crippen LogP contribution in [0.3, 0.4) is 0 Å². The van der Waals surface area contributed by atoms with E-state index in [-0.39, 0.29) is 11.9 Å². The van der Waals surface area contributed by atoms with Crippen LogP contribution in [0.1, 0.15) is 30.5 Å².